The van der Waals surface area contributed by atoms with Gasteiger partial charge in [-0.25, -0.2) is 4.39 Å². The third-order valence-corrected chi connectivity index (χ3v) is 5.59. The van der Waals surface area contributed by atoms with Gasteiger partial charge in [0.25, 0.3) is 0 Å². The van der Waals surface area contributed by atoms with Crippen LogP contribution in [0.2, 0.25) is 0 Å². The number of benzene rings is 2. The van der Waals surface area contributed by atoms with Crippen LogP contribution in [0.1, 0.15) is 37.8 Å². The maximum Gasteiger partial charge on any atom is 0.242 e. The molecule has 0 heterocycles. The lowest BCUT2D eigenvalue weighted by Crippen LogP contribution is -2.48. The van der Waals surface area contributed by atoms with Crippen LogP contribution in [0.5, 0.6) is 0 Å². The minimum atomic E-state index is -0.550. The highest BCUT2D eigenvalue weighted by Gasteiger charge is 2.25. The monoisotopic (exact) mass is 416 g/mol. The van der Waals surface area contributed by atoms with Crippen molar-refractivity contribution >= 4 is 23.6 Å². The maximum atomic E-state index is 13.0. The number of hydrogen-bond acceptors (Lipinski definition) is 3. The van der Waals surface area contributed by atoms with E-state index in [1.54, 1.807) is 24.0 Å². The first-order valence-corrected chi connectivity index (χ1v) is 11.1. The lowest BCUT2D eigenvalue weighted by atomic mass is 10.1. The number of nitrogens with one attached hydrogen (secondary N) is 1. The van der Waals surface area contributed by atoms with Gasteiger partial charge in [-0.1, -0.05) is 55.8 Å². The largest absolute Gasteiger partial charge is 0.354 e. The van der Waals surface area contributed by atoms with Crippen LogP contribution in [0.25, 0.3) is 0 Å². The van der Waals surface area contributed by atoms with Crippen molar-refractivity contribution in [2.45, 2.75) is 45.0 Å². The van der Waals surface area contributed by atoms with Crippen molar-refractivity contribution in [1.82, 2.24) is 10.2 Å². The van der Waals surface area contributed by atoms with Gasteiger partial charge in [0.1, 0.15) is 11.9 Å². The molecule has 156 valence electrons. The van der Waals surface area contributed by atoms with Crippen molar-refractivity contribution in [2.75, 3.05) is 12.3 Å². The smallest absolute Gasteiger partial charge is 0.242 e. The number of rotatable bonds is 11. The Kier molecular flexibility index (Phi) is 9.71. The van der Waals surface area contributed by atoms with Crippen LogP contribution in [0.4, 0.5) is 4.39 Å². The predicted octanol–water partition coefficient (Wildman–Crippen LogP) is 4.39. The molecule has 6 heteroatoms. The van der Waals surface area contributed by atoms with Crippen LogP contribution in [0.3, 0.4) is 0 Å². The van der Waals surface area contributed by atoms with Crippen molar-refractivity contribution in [1.29, 1.82) is 0 Å². The highest BCUT2D eigenvalue weighted by atomic mass is 32.2. The average Bonchev–Trinajstić information content (AvgIpc) is 2.73. The van der Waals surface area contributed by atoms with Crippen molar-refractivity contribution in [3.63, 3.8) is 0 Å². The molecule has 0 aliphatic carbocycles. The Morgan fingerprint density at radius 2 is 1.76 bits per heavy atom. The molecule has 2 aromatic rings. The molecule has 0 bridgehead atoms. The number of carbonyl (C=O) groups excluding carboxylic acids is 2. The van der Waals surface area contributed by atoms with Crippen LogP contribution in [-0.2, 0) is 21.9 Å². The normalized spacial score (nSPS) is 11.7. The minimum Gasteiger partial charge on any atom is -0.354 e. The SMILES string of the molecule is CCCCNC(=O)[C@@H](C)N(Cc1ccccc1)C(=O)CSCc1ccc(F)cc1. The maximum absolute atomic E-state index is 13.0. The summed E-state index contributed by atoms with van der Waals surface area (Å²) in [5, 5.41) is 2.92. The summed E-state index contributed by atoms with van der Waals surface area (Å²) in [6, 6.07) is 15.4. The molecule has 0 fully saturated rings. The molecule has 0 aromatic heterocycles. The van der Waals surface area contributed by atoms with E-state index >= 15 is 0 Å². The standard InChI is InChI=1S/C23H29FN2O2S/c1-3-4-14-25-23(28)18(2)26(15-19-8-6-5-7-9-19)22(27)17-29-16-20-10-12-21(24)13-11-20/h5-13,18H,3-4,14-17H2,1-2H3,(H,25,28)/t18-/m1/s1. The predicted molar refractivity (Wildman–Crippen MR) is 117 cm³/mol. The quantitative estimate of drug-likeness (QED) is 0.553. The van der Waals surface area contributed by atoms with E-state index < -0.39 is 6.04 Å². The Labute approximate surface area is 176 Å². The number of unbranched alkanes of at least 4 members (excludes halogenated alkanes) is 1. The highest BCUT2D eigenvalue weighted by molar-refractivity contribution is 7.99. The van der Waals surface area contributed by atoms with E-state index in [1.165, 1.54) is 23.9 Å². The summed E-state index contributed by atoms with van der Waals surface area (Å²) in [5.41, 5.74) is 1.95. The Morgan fingerprint density at radius 1 is 1.07 bits per heavy atom. The fourth-order valence-electron chi connectivity index (χ4n) is 2.82. The number of thioether (sulfide) groups is 1. The summed E-state index contributed by atoms with van der Waals surface area (Å²) in [6.45, 7) is 4.84. The lowest BCUT2D eigenvalue weighted by molar-refractivity contribution is -0.138. The number of carbonyl (C=O) groups is 2. The van der Waals surface area contributed by atoms with Gasteiger partial charge in [0.15, 0.2) is 0 Å². The Bertz CT molecular complexity index is 768. The van der Waals surface area contributed by atoms with Gasteiger partial charge in [0.05, 0.1) is 5.75 Å². The zero-order valence-electron chi connectivity index (χ0n) is 17.1. The second kappa shape index (κ2) is 12.3. The summed E-state index contributed by atoms with van der Waals surface area (Å²) in [7, 11) is 0. The third kappa shape index (κ3) is 7.89. The third-order valence-electron chi connectivity index (χ3n) is 4.60. The molecule has 2 amide bonds. The Morgan fingerprint density at radius 3 is 2.41 bits per heavy atom. The van der Waals surface area contributed by atoms with Gasteiger partial charge in [-0.2, -0.15) is 0 Å². The topological polar surface area (TPSA) is 49.4 Å². The molecule has 29 heavy (non-hydrogen) atoms. The molecule has 0 saturated carbocycles. The minimum absolute atomic E-state index is 0.0842. The zero-order chi connectivity index (χ0) is 21.1. The van der Waals surface area contributed by atoms with Gasteiger partial charge >= 0.3 is 0 Å². The number of halogens is 1. The van der Waals surface area contributed by atoms with E-state index in [2.05, 4.69) is 12.2 Å². The van der Waals surface area contributed by atoms with E-state index in [1.807, 2.05) is 30.3 Å². The first-order chi connectivity index (χ1) is 14.0. The molecular weight excluding hydrogens is 387 g/mol. The van der Waals surface area contributed by atoms with Crippen molar-refractivity contribution < 1.29 is 14.0 Å². The zero-order valence-corrected chi connectivity index (χ0v) is 17.9. The molecule has 0 aliphatic heterocycles. The molecule has 0 spiro atoms. The van der Waals surface area contributed by atoms with E-state index in [4.69, 9.17) is 0 Å². The molecule has 0 saturated heterocycles. The van der Waals surface area contributed by atoms with E-state index in [9.17, 15) is 14.0 Å². The summed E-state index contributed by atoms with van der Waals surface area (Å²) >= 11 is 1.46. The second-order valence-corrected chi connectivity index (χ2v) is 7.93. The van der Waals surface area contributed by atoms with E-state index in [-0.39, 0.29) is 23.4 Å². The second-order valence-electron chi connectivity index (χ2n) is 6.95. The fourth-order valence-corrected chi connectivity index (χ4v) is 3.69. The van der Waals surface area contributed by atoms with Gasteiger partial charge in [-0.15, -0.1) is 11.8 Å². The summed E-state index contributed by atoms with van der Waals surface area (Å²) < 4.78 is 13.0. The number of amides is 2. The summed E-state index contributed by atoms with van der Waals surface area (Å²) in [4.78, 5) is 27.1. The van der Waals surface area contributed by atoms with E-state index in [0.29, 0.717) is 18.8 Å². The van der Waals surface area contributed by atoms with Crippen LogP contribution in [0.15, 0.2) is 54.6 Å². The molecular formula is C23H29FN2O2S. The molecule has 2 aromatic carbocycles. The number of nitrogens with zero attached hydrogens (tertiary/aromatic N) is 1. The van der Waals surface area contributed by atoms with Gasteiger partial charge in [-0.3, -0.25) is 9.59 Å². The highest BCUT2D eigenvalue weighted by Crippen LogP contribution is 2.16. The van der Waals surface area contributed by atoms with Crippen molar-refractivity contribution in [2.24, 2.45) is 0 Å². The van der Waals surface area contributed by atoms with E-state index in [0.717, 1.165) is 24.0 Å². The molecule has 4 nitrogen and oxygen atoms in total. The molecule has 2 rings (SSSR count). The van der Waals surface area contributed by atoms with Gasteiger partial charge in [0.2, 0.25) is 11.8 Å². The Hall–Kier alpha value is -2.34. The fraction of sp³-hybridized carbons (Fsp3) is 0.391. The average molecular weight is 417 g/mol. The summed E-state index contributed by atoms with van der Waals surface area (Å²) in [6.07, 6.45) is 1.92. The first kappa shape index (κ1) is 22.9. The molecule has 0 unspecified atom stereocenters. The van der Waals surface area contributed by atoms with Crippen molar-refractivity contribution in [3.8, 4) is 0 Å². The van der Waals surface area contributed by atoms with Crippen LogP contribution in [0, 0.1) is 5.82 Å². The molecule has 0 radical (unpaired) electrons. The molecule has 1 atom stereocenters. The lowest BCUT2D eigenvalue weighted by Gasteiger charge is -2.28. The van der Waals surface area contributed by atoms with Gasteiger partial charge < -0.3 is 10.2 Å². The van der Waals surface area contributed by atoms with Gasteiger partial charge in [-0.05, 0) is 36.6 Å². The number of hydrogen-bond donors (Lipinski definition) is 1. The molecule has 0 aliphatic rings. The first-order valence-electron chi connectivity index (χ1n) is 9.94. The van der Waals surface area contributed by atoms with Crippen LogP contribution >= 0.6 is 11.8 Å². The van der Waals surface area contributed by atoms with Gasteiger partial charge in [0, 0.05) is 18.8 Å². The Balaban J connectivity index is 1.99. The van der Waals surface area contributed by atoms with Crippen LogP contribution < -0.4 is 5.32 Å². The van der Waals surface area contributed by atoms with Crippen molar-refractivity contribution in [3.05, 3.63) is 71.5 Å². The molecule has 1 N–H and O–H groups in total. The summed E-state index contributed by atoms with van der Waals surface area (Å²) in [5.74, 6) is 0.385. The van der Waals surface area contributed by atoms with Crippen LogP contribution in [-0.4, -0.2) is 35.1 Å².